The van der Waals surface area contributed by atoms with Crippen molar-refractivity contribution >= 4 is 44.4 Å². The van der Waals surface area contributed by atoms with Gasteiger partial charge in [0, 0.05) is 17.7 Å². The number of carboxylic acid groups (broad SMARTS) is 1. The van der Waals surface area contributed by atoms with E-state index in [4.69, 9.17) is 19.6 Å². The number of aryl methyl sites for hydroxylation is 2. The van der Waals surface area contributed by atoms with Crippen molar-refractivity contribution in [3.63, 3.8) is 0 Å². The molecule has 8 nitrogen and oxygen atoms in total. The molecule has 9 heteroatoms. The first kappa shape index (κ1) is 23.5. The lowest BCUT2D eigenvalue weighted by Gasteiger charge is -2.11. The van der Waals surface area contributed by atoms with E-state index in [1.165, 1.54) is 0 Å². The summed E-state index contributed by atoms with van der Waals surface area (Å²) in [5.41, 5.74) is 6.94. The van der Waals surface area contributed by atoms with Gasteiger partial charge in [0.25, 0.3) is 0 Å². The fraction of sp³-hybridized carbons (Fsp3) is 0.185. The Kier molecular flexibility index (Phi) is 6.39. The number of para-hydroxylation sites is 1. The smallest absolute Gasteiger partial charge is 0.409 e. The van der Waals surface area contributed by atoms with Crippen molar-refractivity contribution in [2.45, 2.75) is 20.3 Å². The largest absolute Gasteiger partial charge is 0.493 e. The second-order valence-corrected chi connectivity index (χ2v) is 9.41. The third-order valence-corrected chi connectivity index (χ3v) is 6.80. The van der Waals surface area contributed by atoms with Crippen LogP contribution < -0.4 is 14.8 Å². The molecule has 0 bridgehead atoms. The molecule has 0 radical (unpaired) electrons. The van der Waals surface area contributed by atoms with Crippen LogP contribution in [0.15, 0.2) is 54.7 Å². The summed E-state index contributed by atoms with van der Waals surface area (Å²) < 4.78 is 12.3. The van der Waals surface area contributed by atoms with Crippen molar-refractivity contribution in [1.29, 1.82) is 0 Å². The molecule has 0 aliphatic carbocycles. The number of nitrogens with zero attached hydrogens (tertiary/aromatic N) is 3. The number of amides is 1. The Morgan fingerprint density at radius 3 is 2.72 bits per heavy atom. The number of benzene rings is 3. The summed E-state index contributed by atoms with van der Waals surface area (Å²) in [5.74, 6) is 1.22. The highest BCUT2D eigenvalue weighted by Gasteiger charge is 2.15. The molecule has 0 unspecified atom stereocenters. The molecule has 2 N–H and O–H groups in total. The minimum atomic E-state index is -1.09. The molecule has 0 aliphatic rings. The van der Waals surface area contributed by atoms with Crippen LogP contribution in [0.5, 0.6) is 11.6 Å². The van der Waals surface area contributed by atoms with Crippen LogP contribution in [0.2, 0.25) is 0 Å². The van der Waals surface area contributed by atoms with E-state index >= 15 is 0 Å². The average molecular weight is 501 g/mol. The summed E-state index contributed by atoms with van der Waals surface area (Å²) in [4.78, 5) is 25.1. The van der Waals surface area contributed by atoms with Gasteiger partial charge in [0.15, 0.2) is 0 Å². The van der Waals surface area contributed by atoms with E-state index in [9.17, 15) is 4.79 Å². The molecule has 0 atom stereocenters. The van der Waals surface area contributed by atoms with Gasteiger partial charge in [-0.3, -0.25) is 5.32 Å². The summed E-state index contributed by atoms with van der Waals surface area (Å²) in [6.45, 7) is 4.46. The van der Waals surface area contributed by atoms with E-state index in [0.29, 0.717) is 24.6 Å². The lowest BCUT2D eigenvalue weighted by atomic mass is 10.1. The number of carbonyl (C=O) groups is 1. The first-order valence-corrected chi connectivity index (χ1v) is 12.2. The zero-order valence-electron chi connectivity index (χ0n) is 20.0. The molecule has 1 amide bonds. The van der Waals surface area contributed by atoms with Crippen LogP contribution in [0.4, 0.5) is 10.5 Å². The highest BCUT2D eigenvalue weighted by Crippen LogP contribution is 2.37. The summed E-state index contributed by atoms with van der Waals surface area (Å²) in [5, 5.41) is 12.3. The molecule has 3 aromatic carbocycles. The van der Waals surface area contributed by atoms with Gasteiger partial charge in [0.05, 0.1) is 41.2 Å². The van der Waals surface area contributed by atoms with Crippen molar-refractivity contribution in [3.8, 4) is 22.2 Å². The highest BCUT2D eigenvalue weighted by atomic mass is 32.1. The van der Waals surface area contributed by atoms with Crippen LogP contribution in [-0.4, -0.2) is 39.9 Å². The number of thiazole rings is 1. The molecule has 0 saturated heterocycles. The second kappa shape index (κ2) is 9.79. The maximum atomic E-state index is 11.0. The number of ether oxygens (including phenoxy) is 2. The average Bonchev–Trinajstić information content (AvgIpc) is 3.28. The fourth-order valence-corrected chi connectivity index (χ4v) is 5.22. The van der Waals surface area contributed by atoms with Gasteiger partial charge in [0.1, 0.15) is 10.8 Å². The van der Waals surface area contributed by atoms with Crippen LogP contribution >= 0.6 is 11.3 Å². The van der Waals surface area contributed by atoms with Crippen molar-refractivity contribution < 1.29 is 19.4 Å². The normalized spacial score (nSPS) is 11.1. The van der Waals surface area contributed by atoms with Crippen molar-refractivity contribution in [2.24, 2.45) is 0 Å². The number of nitrogens with one attached hydrogen (secondary N) is 1. The minimum absolute atomic E-state index is 0.412. The van der Waals surface area contributed by atoms with Crippen LogP contribution in [0.1, 0.15) is 16.7 Å². The topological polar surface area (TPSA) is 106 Å². The third-order valence-electron chi connectivity index (χ3n) is 5.77. The SMILES string of the molecule is COc1cnc2c(-c3nc4c(C)cc(OCCc5ccccc5NC(=O)O)cc4s3)cc(C)cc2n1. The Bertz CT molecular complexity index is 1600. The first-order valence-electron chi connectivity index (χ1n) is 11.3. The molecule has 5 rings (SSSR count). The molecule has 5 aromatic rings. The van der Waals surface area contributed by atoms with Gasteiger partial charge in [-0.05, 0) is 60.9 Å². The molecular weight excluding hydrogens is 476 g/mol. The summed E-state index contributed by atoms with van der Waals surface area (Å²) >= 11 is 1.59. The molecule has 0 fully saturated rings. The van der Waals surface area contributed by atoms with Crippen LogP contribution in [0.25, 0.3) is 31.8 Å². The van der Waals surface area contributed by atoms with E-state index in [1.54, 1.807) is 36.8 Å². The molecule has 36 heavy (non-hydrogen) atoms. The molecule has 182 valence electrons. The molecule has 0 spiro atoms. The Labute approximate surface area is 211 Å². The monoisotopic (exact) mass is 500 g/mol. The minimum Gasteiger partial charge on any atom is -0.493 e. The Hall–Kier alpha value is -4.24. The molecule has 0 aliphatic heterocycles. The van der Waals surface area contributed by atoms with Gasteiger partial charge in [-0.1, -0.05) is 18.2 Å². The molecule has 0 saturated carbocycles. The third kappa shape index (κ3) is 4.78. The molecule has 2 aromatic heterocycles. The standard InChI is InChI=1S/C27H24N4O4S/c1-15-10-19(25-21(11-15)29-23(34-3)14-28-25)26-31-24-16(2)12-18(13-22(24)36-26)35-9-8-17-6-4-5-7-20(17)30-27(32)33/h4-7,10-14,30H,8-9H2,1-3H3,(H,32,33). The first-order chi connectivity index (χ1) is 17.4. The number of anilines is 1. The zero-order valence-corrected chi connectivity index (χ0v) is 20.8. The van der Waals surface area contributed by atoms with Gasteiger partial charge in [-0.15, -0.1) is 11.3 Å². The van der Waals surface area contributed by atoms with Crippen LogP contribution in [0, 0.1) is 13.8 Å². The maximum Gasteiger partial charge on any atom is 0.409 e. The predicted octanol–water partition coefficient (Wildman–Crippen LogP) is 6.24. The quantitative estimate of drug-likeness (QED) is 0.272. The number of aromatic nitrogens is 3. The van der Waals surface area contributed by atoms with Crippen molar-refractivity contribution in [3.05, 3.63) is 71.4 Å². The van der Waals surface area contributed by atoms with Crippen molar-refractivity contribution in [1.82, 2.24) is 15.0 Å². The van der Waals surface area contributed by atoms with Crippen LogP contribution in [-0.2, 0) is 6.42 Å². The van der Waals surface area contributed by atoms with Crippen LogP contribution in [0.3, 0.4) is 0 Å². The second-order valence-electron chi connectivity index (χ2n) is 8.38. The van der Waals surface area contributed by atoms with E-state index in [-0.39, 0.29) is 0 Å². The van der Waals surface area contributed by atoms with Gasteiger partial charge in [-0.25, -0.2) is 19.7 Å². The van der Waals surface area contributed by atoms with E-state index in [0.717, 1.165) is 54.3 Å². The summed E-state index contributed by atoms with van der Waals surface area (Å²) in [6, 6.07) is 15.4. The Balaban J connectivity index is 1.42. The lowest BCUT2D eigenvalue weighted by molar-refractivity contribution is 0.209. The summed E-state index contributed by atoms with van der Waals surface area (Å²) in [7, 11) is 1.58. The number of hydrogen-bond donors (Lipinski definition) is 2. The molecule has 2 heterocycles. The van der Waals surface area contributed by atoms with Gasteiger partial charge >= 0.3 is 6.09 Å². The number of hydrogen-bond acceptors (Lipinski definition) is 7. The fourth-order valence-electron chi connectivity index (χ4n) is 4.13. The van der Waals surface area contributed by atoms with Crippen molar-refractivity contribution in [2.75, 3.05) is 19.0 Å². The van der Waals surface area contributed by atoms with Gasteiger partial charge in [-0.2, -0.15) is 0 Å². The maximum absolute atomic E-state index is 11.0. The van der Waals surface area contributed by atoms with Gasteiger partial charge in [0.2, 0.25) is 5.88 Å². The number of fused-ring (bicyclic) bond motifs is 2. The summed E-state index contributed by atoms with van der Waals surface area (Å²) in [6.07, 6.45) is 1.10. The number of rotatable bonds is 7. The number of methoxy groups -OCH3 is 1. The van der Waals surface area contributed by atoms with E-state index in [1.807, 2.05) is 44.2 Å². The van der Waals surface area contributed by atoms with E-state index < -0.39 is 6.09 Å². The lowest BCUT2D eigenvalue weighted by Crippen LogP contribution is -2.11. The predicted molar refractivity (Wildman–Crippen MR) is 141 cm³/mol. The Morgan fingerprint density at radius 2 is 1.92 bits per heavy atom. The highest BCUT2D eigenvalue weighted by molar-refractivity contribution is 7.21. The van der Waals surface area contributed by atoms with Gasteiger partial charge < -0.3 is 14.6 Å². The van der Waals surface area contributed by atoms with E-state index in [2.05, 4.69) is 21.4 Å². The zero-order chi connectivity index (χ0) is 25.2. The Morgan fingerprint density at radius 1 is 1.08 bits per heavy atom. The molecular formula is C27H24N4O4S.